The van der Waals surface area contributed by atoms with Crippen molar-refractivity contribution in [3.05, 3.63) is 71.7 Å². The summed E-state index contributed by atoms with van der Waals surface area (Å²) in [6.45, 7) is 1.94. The molecule has 0 spiro atoms. The fourth-order valence-electron chi connectivity index (χ4n) is 3.50. The van der Waals surface area contributed by atoms with Gasteiger partial charge in [0.25, 0.3) is 0 Å². The summed E-state index contributed by atoms with van der Waals surface area (Å²) in [5.74, 6) is 0.573. The summed E-state index contributed by atoms with van der Waals surface area (Å²) >= 11 is 0. The molecular formula is C23H22N6O. The molecule has 3 N–H and O–H groups in total. The number of hydrogen-bond donors (Lipinski definition) is 2. The minimum atomic E-state index is -0.156. The highest BCUT2D eigenvalue weighted by Crippen LogP contribution is 2.29. The molecule has 0 aliphatic carbocycles. The quantitative estimate of drug-likeness (QED) is 0.512. The number of rotatable bonds is 6. The Labute approximate surface area is 174 Å². The van der Waals surface area contributed by atoms with Crippen molar-refractivity contribution in [1.82, 2.24) is 19.7 Å². The largest absolute Gasteiger partial charge is 0.390 e. The molecule has 7 nitrogen and oxygen atoms in total. The highest BCUT2D eigenvalue weighted by atomic mass is 16.3. The van der Waals surface area contributed by atoms with Crippen molar-refractivity contribution < 1.29 is 5.11 Å². The van der Waals surface area contributed by atoms with Gasteiger partial charge in [-0.15, -0.1) is 0 Å². The first-order valence-electron chi connectivity index (χ1n) is 9.86. The Hall–Kier alpha value is -3.60. The van der Waals surface area contributed by atoms with Crippen molar-refractivity contribution >= 4 is 10.9 Å². The van der Waals surface area contributed by atoms with E-state index in [1.54, 1.807) is 16.9 Å². The zero-order valence-electron chi connectivity index (χ0n) is 16.7. The number of fused-ring (bicyclic) bond motifs is 1. The first kappa shape index (κ1) is 19.7. The molecule has 0 aliphatic rings. The van der Waals surface area contributed by atoms with E-state index in [9.17, 15) is 10.4 Å². The molecule has 7 heteroatoms. The lowest BCUT2D eigenvalue weighted by Gasteiger charge is -2.12. The van der Waals surface area contributed by atoms with Crippen molar-refractivity contribution in [3.8, 4) is 23.1 Å². The van der Waals surface area contributed by atoms with Crippen LogP contribution in [-0.4, -0.2) is 24.9 Å². The van der Waals surface area contributed by atoms with E-state index in [-0.39, 0.29) is 12.6 Å². The summed E-state index contributed by atoms with van der Waals surface area (Å²) in [6.07, 6.45) is 3.50. The normalized spacial score (nSPS) is 12.1. The predicted molar refractivity (Wildman–Crippen MR) is 115 cm³/mol. The Kier molecular flexibility index (Phi) is 5.53. The van der Waals surface area contributed by atoms with Crippen LogP contribution in [0.5, 0.6) is 0 Å². The van der Waals surface area contributed by atoms with Crippen molar-refractivity contribution in [2.24, 2.45) is 5.73 Å². The van der Waals surface area contributed by atoms with Gasteiger partial charge in [-0.2, -0.15) is 10.4 Å². The lowest BCUT2D eigenvalue weighted by molar-refractivity contribution is 0.276. The molecule has 150 valence electrons. The zero-order chi connectivity index (χ0) is 21.1. The summed E-state index contributed by atoms with van der Waals surface area (Å²) in [5.41, 5.74) is 10.5. The molecule has 0 aliphatic heterocycles. The molecule has 0 fully saturated rings. The minimum Gasteiger partial charge on any atom is -0.390 e. The van der Waals surface area contributed by atoms with Crippen molar-refractivity contribution in [2.75, 3.05) is 0 Å². The molecule has 1 atom stereocenters. The molecule has 0 amide bonds. The van der Waals surface area contributed by atoms with Gasteiger partial charge < -0.3 is 10.8 Å². The SMILES string of the molecule is CCCC(N)c1cccc(-c2cc(C#N)c3cnn(-c4cccc(CO)n4)c3c2)n1. The topological polar surface area (TPSA) is 114 Å². The maximum absolute atomic E-state index is 9.71. The number of aromatic nitrogens is 4. The molecule has 4 rings (SSSR count). The Morgan fingerprint density at radius 2 is 2.00 bits per heavy atom. The van der Waals surface area contributed by atoms with E-state index in [0.717, 1.165) is 40.7 Å². The highest BCUT2D eigenvalue weighted by Gasteiger charge is 2.14. The van der Waals surface area contributed by atoms with Crippen LogP contribution in [0.4, 0.5) is 0 Å². The molecule has 1 aromatic carbocycles. The predicted octanol–water partition coefficient (Wildman–Crippen LogP) is 3.65. The number of nitrogens with two attached hydrogens (primary N) is 1. The van der Waals surface area contributed by atoms with Crippen LogP contribution in [-0.2, 0) is 6.61 Å². The third-order valence-electron chi connectivity index (χ3n) is 5.03. The van der Waals surface area contributed by atoms with Gasteiger partial charge in [0.05, 0.1) is 47.0 Å². The fraction of sp³-hybridized carbons (Fsp3) is 0.217. The first-order valence-corrected chi connectivity index (χ1v) is 9.86. The Morgan fingerprint density at radius 3 is 2.77 bits per heavy atom. The van der Waals surface area contributed by atoms with Crippen LogP contribution in [0.3, 0.4) is 0 Å². The van der Waals surface area contributed by atoms with E-state index in [1.165, 1.54) is 0 Å². The second-order valence-electron chi connectivity index (χ2n) is 7.11. The van der Waals surface area contributed by atoms with Gasteiger partial charge in [0.2, 0.25) is 0 Å². The van der Waals surface area contributed by atoms with E-state index in [0.29, 0.717) is 17.1 Å². The van der Waals surface area contributed by atoms with Crippen molar-refractivity contribution in [1.29, 1.82) is 5.26 Å². The summed E-state index contributed by atoms with van der Waals surface area (Å²) in [7, 11) is 0. The molecule has 0 saturated heterocycles. The van der Waals surface area contributed by atoms with E-state index < -0.39 is 0 Å². The summed E-state index contributed by atoms with van der Waals surface area (Å²) in [6, 6.07) is 17.1. The number of pyridine rings is 2. The Bertz CT molecular complexity index is 1240. The van der Waals surface area contributed by atoms with E-state index in [4.69, 9.17) is 10.7 Å². The van der Waals surface area contributed by atoms with Crippen LogP contribution in [0, 0.1) is 11.3 Å². The van der Waals surface area contributed by atoms with Crippen LogP contribution in [0.2, 0.25) is 0 Å². The maximum Gasteiger partial charge on any atom is 0.154 e. The lowest BCUT2D eigenvalue weighted by Crippen LogP contribution is -2.11. The smallest absolute Gasteiger partial charge is 0.154 e. The van der Waals surface area contributed by atoms with Gasteiger partial charge in [-0.25, -0.2) is 9.67 Å². The standard InChI is InChI=1S/C23H22N6O/c1-2-5-19(25)21-8-4-7-20(28-21)15-10-16(12-24)18-13-26-29(22(18)11-15)23-9-3-6-17(14-30)27-23/h3-4,6-11,13,19,30H,2,5,14,25H2,1H3. The molecule has 0 saturated carbocycles. The highest BCUT2D eigenvalue weighted by molar-refractivity contribution is 5.90. The summed E-state index contributed by atoms with van der Waals surface area (Å²) in [4.78, 5) is 9.18. The molecule has 0 bridgehead atoms. The molecule has 1 unspecified atom stereocenters. The van der Waals surface area contributed by atoms with Crippen LogP contribution in [0.25, 0.3) is 28.0 Å². The molecular weight excluding hydrogens is 376 g/mol. The number of hydrogen-bond acceptors (Lipinski definition) is 6. The van der Waals surface area contributed by atoms with Crippen molar-refractivity contribution in [2.45, 2.75) is 32.4 Å². The lowest BCUT2D eigenvalue weighted by atomic mass is 10.0. The van der Waals surface area contributed by atoms with Gasteiger partial charge in [-0.1, -0.05) is 25.5 Å². The zero-order valence-corrected chi connectivity index (χ0v) is 16.7. The van der Waals surface area contributed by atoms with E-state index >= 15 is 0 Å². The van der Waals surface area contributed by atoms with Crippen LogP contribution in [0.1, 0.15) is 42.8 Å². The molecule has 0 radical (unpaired) electrons. The Morgan fingerprint density at radius 1 is 1.17 bits per heavy atom. The van der Waals surface area contributed by atoms with Gasteiger partial charge in [0, 0.05) is 17.0 Å². The average Bonchev–Trinajstić information content (AvgIpc) is 3.23. The number of nitriles is 1. The molecule has 3 heterocycles. The van der Waals surface area contributed by atoms with E-state index in [2.05, 4.69) is 23.1 Å². The van der Waals surface area contributed by atoms with Crippen LogP contribution >= 0.6 is 0 Å². The van der Waals surface area contributed by atoms with Gasteiger partial charge in [-0.3, -0.25) is 4.98 Å². The van der Waals surface area contributed by atoms with E-state index in [1.807, 2.05) is 42.5 Å². The summed E-state index contributed by atoms with van der Waals surface area (Å²) in [5, 5.41) is 24.3. The number of nitrogens with zero attached hydrogens (tertiary/aromatic N) is 5. The molecule has 4 aromatic rings. The second kappa shape index (κ2) is 8.41. The average molecular weight is 398 g/mol. The monoisotopic (exact) mass is 398 g/mol. The van der Waals surface area contributed by atoms with Gasteiger partial charge in [-0.05, 0) is 42.8 Å². The number of aliphatic hydroxyl groups is 1. The third kappa shape index (κ3) is 3.66. The fourth-order valence-corrected chi connectivity index (χ4v) is 3.50. The van der Waals surface area contributed by atoms with Crippen molar-refractivity contribution in [3.63, 3.8) is 0 Å². The van der Waals surface area contributed by atoms with Crippen LogP contribution < -0.4 is 5.73 Å². The maximum atomic E-state index is 9.71. The molecule has 3 aromatic heterocycles. The van der Waals surface area contributed by atoms with Gasteiger partial charge >= 0.3 is 0 Å². The van der Waals surface area contributed by atoms with Gasteiger partial charge in [0.1, 0.15) is 0 Å². The second-order valence-corrected chi connectivity index (χ2v) is 7.11. The Balaban J connectivity index is 1.86. The summed E-state index contributed by atoms with van der Waals surface area (Å²) < 4.78 is 1.67. The van der Waals surface area contributed by atoms with Gasteiger partial charge in [0.15, 0.2) is 5.82 Å². The number of benzene rings is 1. The molecule has 30 heavy (non-hydrogen) atoms. The number of aliphatic hydroxyl groups excluding tert-OH is 1. The third-order valence-corrected chi connectivity index (χ3v) is 5.03. The minimum absolute atomic E-state index is 0.120. The first-order chi connectivity index (χ1) is 14.6. The van der Waals surface area contributed by atoms with Crippen LogP contribution in [0.15, 0.2) is 54.7 Å².